The summed E-state index contributed by atoms with van der Waals surface area (Å²) in [5.74, 6) is -0.0862. The highest BCUT2D eigenvalue weighted by atomic mass is 19.4. The number of carbonyl (C=O) groups is 1. The SMILES string of the molecule is O=C(Cc1ccccc1)N1CCCc2cc(C(F)(F)F)ccc21. The van der Waals surface area contributed by atoms with Crippen molar-refractivity contribution in [2.24, 2.45) is 0 Å². The first-order valence-corrected chi connectivity index (χ1v) is 7.49. The molecule has 1 aliphatic rings. The molecule has 0 unspecified atom stereocenters. The van der Waals surface area contributed by atoms with Gasteiger partial charge in [-0.1, -0.05) is 30.3 Å². The fourth-order valence-electron chi connectivity index (χ4n) is 2.90. The highest BCUT2D eigenvalue weighted by Gasteiger charge is 2.32. The minimum absolute atomic E-state index is 0.0862. The summed E-state index contributed by atoms with van der Waals surface area (Å²) >= 11 is 0. The Bertz CT molecular complexity index is 710. The molecular formula is C18H16F3NO. The molecule has 0 spiro atoms. The van der Waals surface area contributed by atoms with Gasteiger partial charge in [0.1, 0.15) is 0 Å². The van der Waals surface area contributed by atoms with E-state index in [-0.39, 0.29) is 12.3 Å². The average molecular weight is 319 g/mol. The molecule has 0 aliphatic carbocycles. The van der Waals surface area contributed by atoms with Crippen LogP contribution in [0.25, 0.3) is 0 Å². The standard InChI is InChI=1S/C18H16F3NO/c19-18(20,21)15-8-9-16-14(12-15)7-4-10-22(16)17(23)11-13-5-2-1-3-6-13/h1-3,5-6,8-9,12H,4,7,10-11H2. The Kier molecular flexibility index (Phi) is 4.11. The van der Waals surface area contributed by atoms with E-state index in [1.54, 1.807) is 4.90 Å². The first-order valence-electron chi connectivity index (χ1n) is 7.49. The molecule has 2 aromatic carbocycles. The number of anilines is 1. The second-order valence-electron chi connectivity index (χ2n) is 5.65. The number of halogens is 3. The third-order valence-electron chi connectivity index (χ3n) is 4.02. The van der Waals surface area contributed by atoms with E-state index in [1.807, 2.05) is 30.3 Å². The van der Waals surface area contributed by atoms with E-state index in [1.165, 1.54) is 6.07 Å². The molecule has 0 aromatic heterocycles. The molecular weight excluding hydrogens is 303 g/mol. The van der Waals surface area contributed by atoms with Gasteiger partial charge in [-0.15, -0.1) is 0 Å². The summed E-state index contributed by atoms with van der Waals surface area (Å²) in [7, 11) is 0. The summed E-state index contributed by atoms with van der Waals surface area (Å²) in [5.41, 5.74) is 1.43. The lowest BCUT2D eigenvalue weighted by Crippen LogP contribution is -2.36. The zero-order valence-electron chi connectivity index (χ0n) is 12.4. The highest BCUT2D eigenvalue weighted by Crippen LogP contribution is 2.35. The Morgan fingerprint density at radius 3 is 2.52 bits per heavy atom. The highest BCUT2D eigenvalue weighted by molar-refractivity contribution is 5.96. The van der Waals surface area contributed by atoms with Gasteiger partial charge in [0.05, 0.1) is 12.0 Å². The van der Waals surface area contributed by atoms with Gasteiger partial charge in [-0.3, -0.25) is 4.79 Å². The number of aryl methyl sites for hydroxylation is 1. The molecule has 3 rings (SSSR count). The topological polar surface area (TPSA) is 20.3 Å². The Morgan fingerprint density at radius 1 is 1.09 bits per heavy atom. The number of alkyl halides is 3. The molecule has 0 bridgehead atoms. The summed E-state index contributed by atoms with van der Waals surface area (Å²) in [6, 6.07) is 13.0. The number of rotatable bonds is 2. The predicted octanol–water partition coefficient (Wildman–Crippen LogP) is 4.23. The van der Waals surface area contributed by atoms with Gasteiger partial charge in [0.15, 0.2) is 0 Å². The van der Waals surface area contributed by atoms with Crippen molar-refractivity contribution < 1.29 is 18.0 Å². The van der Waals surface area contributed by atoms with Crippen molar-refractivity contribution in [1.29, 1.82) is 0 Å². The predicted molar refractivity (Wildman–Crippen MR) is 82.3 cm³/mol. The molecule has 23 heavy (non-hydrogen) atoms. The largest absolute Gasteiger partial charge is 0.416 e. The molecule has 5 heteroatoms. The second kappa shape index (κ2) is 6.07. The van der Waals surface area contributed by atoms with Crippen molar-refractivity contribution >= 4 is 11.6 Å². The van der Waals surface area contributed by atoms with E-state index in [0.717, 1.165) is 17.7 Å². The molecule has 120 valence electrons. The van der Waals surface area contributed by atoms with E-state index in [9.17, 15) is 18.0 Å². The van der Waals surface area contributed by atoms with Crippen LogP contribution in [-0.4, -0.2) is 12.5 Å². The van der Waals surface area contributed by atoms with Gasteiger partial charge in [-0.2, -0.15) is 13.2 Å². The first-order chi connectivity index (χ1) is 10.9. The van der Waals surface area contributed by atoms with E-state index in [4.69, 9.17) is 0 Å². The van der Waals surface area contributed by atoms with E-state index in [0.29, 0.717) is 30.6 Å². The summed E-state index contributed by atoms with van der Waals surface area (Å²) in [6.07, 6.45) is -2.87. The zero-order valence-corrected chi connectivity index (χ0v) is 12.4. The quantitative estimate of drug-likeness (QED) is 0.811. The van der Waals surface area contributed by atoms with Crippen molar-refractivity contribution in [3.8, 4) is 0 Å². The van der Waals surface area contributed by atoms with E-state index in [2.05, 4.69) is 0 Å². The van der Waals surface area contributed by atoms with Gasteiger partial charge in [0.2, 0.25) is 5.91 Å². The van der Waals surface area contributed by atoms with Crippen LogP contribution in [-0.2, 0) is 23.8 Å². The van der Waals surface area contributed by atoms with Crippen molar-refractivity contribution in [3.05, 3.63) is 65.2 Å². The molecule has 0 atom stereocenters. The maximum absolute atomic E-state index is 12.8. The van der Waals surface area contributed by atoms with Crippen LogP contribution in [0.1, 0.15) is 23.1 Å². The number of benzene rings is 2. The van der Waals surface area contributed by atoms with Gasteiger partial charge >= 0.3 is 6.18 Å². The molecule has 0 N–H and O–H groups in total. The van der Waals surface area contributed by atoms with Crippen LogP contribution in [0, 0.1) is 0 Å². The van der Waals surface area contributed by atoms with Crippen LogP contribution in [0.2, 0.25) is 0 Å². The minimum atomic E-state index is -4.36. The Hall–Kier alpha value is -2.30. The smallest absolute Gasteiger partial charge is 0.312 e. The van der Waals surface area contributed by atoms with Crippen molar-refractivity contribution in [1.82, 2.24) is 0 Å². The lowest BCUT2D eigenvalue weighted by atomic mass is 9.98. The zero-order chi connectivity index (χ0) is 16.4. The summed E-state index contributed by atoms with van der Waals surface area (Å²) in [6.45, 7) is 0.546. The van der Waals surface area contributed by atoms with Crippen LogP contribution < -0.4 is 4.90 Å². The fourth-order valence-corrected chi connectivity index (χ4v) is 2.90. The maximum atomic E-state index is 12.8. The molecule has 0 saturated carbocycles. The van der Waals surface area contributed by atoms with E-state index < -0.39 is 11.7 Å². The Morgan fingerprint density at radius 2 is 1.83 bits per heavy atom. The maximum Gasteiger partial charge on any atom is 0.416 e. The summed E-state index contributed by atoms with van der Waals surface area (Å²) in [5, 5.41) is 0. The second-order valence-corrected chi connectivity index (χ2v) is 5.65. The van der Waals surface area contributed by atoms with Crippen LogP contribution in [0.5, 0.6) is 0 Å². The van der Waals surface area contributed by atoms with Gasteiger partial charge < -0.3 is 4.90 Å². The Labute approximate surface area is 132 Å². The summed E-state index contributed by atoms with van der Waals surface area (Å²) in [4.78, 5) is 14.1. The number of carbonyl (C=O) groups excluding carboxylic acids is 1. The number of fused-ring (bicyclic) bond motifs is 1. The van der Waals surface area contributed by atoms with Gasteiger partial charge in [-0.05, 0) is 42.2 Å². The van der Waals surface area contributed by atoms with Crippen molar-refractivity contribution in [3.63, 3.8) is 0 Å². The number of hydrogen-bond donors (Lipinski definition) is 0. The third kappa shape index (κ3) is 3.38. The molecule has 1 aliphatic heterocycles. The van der Waals surface area contributed by atoms with E-state index >= 15 is 0 Å². The molecule has 0 saturated heterocycles. The number of hydrogen-bond acceptors (Lipinski definition) is 1. The first kappa shape index (κ1) is 15.6. The monoisotopic (exact) mass is 319 g/mol. The lowest BCUT2D eigenvalue weighted by molar-refractivity contribution is -0.137. The van der Waals surface area contributed by atoms with Gasteiger partial charge in [-0.25, -0.2) is 0 Å². The lowest BCUT2D eigenvalue weighted by Gasteiger charge is -2.30. The molecule has 1 amide bonds. The van der Waals surface area contributed by atoms with Crippen LogP contribution >= 0.6 is 0 Å². The molecule has 2 nitrogen and oxygen atoms in total. The molecule has 0 fully saturated rings. The van der Waals surface area contributed by atoms with Crippen LogP contribution in [0.3, 0.4) is 0 Å². The molecule has 2 aromatic rings. The number of amides is 1. The average Bonchev–Trinajstić information content (AvgIpc) is 2.54. The summed E-state index contributed by atoms with van der Waals surface area (Å²) < 4.78 is 38.5. The van der Waals surface area contributed by atoms with Gasteiger partial charge in [0.25, 0.3) is 0 Å². The molecule has 0 radical (unpaired) electrons. The normalized spacial score (nSPS) is 14.5. The Balaban J connectivity index is 1.85. The minimum Gasteiger partial charge on any atom is -0.312 e. The fraction of sp³-hybridized carbons (Fsp3) is 0.278. The number of nitrogens with zero attached hydrogens (tertiary/aromatic N) is 1. The van der Waals surface area contributed by atoms with Crippen molar-refractivity contribution in [2.75, 3.05) is 11.4 Å². The van der Waals surface area contributed by atoms with Gasteiger partial charge in [0, 0.05) is 12.2 Å². The van der Waals surface area contributed by atoms with Crippen molar-refractivity contribution in [2.45, 2.75) is 25.4 Å². The molecule has 1 heterocycles. The third-order valence-corrected chi connectivity index (χ3v) is 4.02. The van der Waals surface area contributed by atoms with Crippen LogP contribution in [0.4, 0.5) is 18.9 Å². The van der Waals surface area contributed by atoms with Crippen LogP contribution in [0.15, 0.2) is 48.5 Å².